The van der Waals surface area contributed by atoms with E-state index >= 15 is 0 Å². The predicted molar refractivity (Wildman–Crippen MR) is 73.0 cm³/mol. The average molecular weight is 356 g/mol. The summed E-state index contributed by atoms with van der Waals surface area (Å²) in [6, 6.07) is 4.32. The van der Waals surface area contributed by atoms with E-state index in [0.717, 1.165) is 0 Å². The molecule has 1 amide bonds. The molecule has 0 heterocycles. The summed E-state index contributed by atoms with van der Waals surface area (Å²) < 4.78 is 26.6. The summed E-state index contributed by atoms with van der Waals surface area (Å²) >= 11 is 8.94. The van der Waals surface area contributed by atoms with E-state index in [1.54, 1.807) is 0 Å². The smallest absolute Gasteiger partial charge is 0.240 e. The molecular formula is C10H12BrClN2O3S. The van der Waals surface area contributed by atoms with Gasteiger partial charge in [-0.2, -0.15) is 0 Å². The van der Waals surface area contributed by atoms with Crippen LogP contribution < -0.4 is 10.0 Å². The summed E-state index contributed by atoms with van der Waals surface area (Å²) in [5.74, 6) is -0.205. The Morgan fingerprint density at radius 1 is 1.39 bits per heavy atom. The van der Waals surface area contributed by atoms with Crippen LogP contribution in [0.25, 0.3) is 0 Å². The predicted octanol–water partition coefficient (Wildman–Crippen LogP) is 1.52. The van der Waals surface area contributed by atoms with Crippen molar-refractivity contribution in [3.05, 3.63) is 27.7 Å². The van der Waals surface area contributed by atoms with Crippen molar-refractivity contribution in [2.24, 2.45) is 0 Å². The Kier molecular flexibility index (Phi) is 5.58. The highest BCUT2D eigenvalue weighted by Gasteiger charge is 2.14. The first kappa shape index (κ1) is 15.4. The molecule has 0 spiro atoms. The first-order valence-electron chi connectivity index (χ1n) is 5.02. The van der Waals surface area contributed by atoms with Gasteiger partial charge in [-0.3, -0.25) is 4.79 Å². The third kappa shape index (κ3) is 4.56. The Morgan fingerprint density at radius 3 is 2.61 bits per heavy atom. The molecular weight excluding hydrogens is 344 g/mol. The second kappa shape index (κ2) is 6.51. The van der Waals surface area contributed by atoms with E-state index in [0.29, 0.717) is 9.50 Å². The molecule has 0 aliphatic carbocycles. The zero-order valence-electron chi connectivity index (χ0n) is 9.54. The largest absolute Gasteiger partial charge is 0.355 e. The molecule has 0 aliphatic rings. The Hall–Kier alpha value is -0.630. The Labute approximate surface area is 119 Å². The fraction of sp³-hybridized carbons (Fsp3) is 0.300. The van der Waals surface area contributed by atoms with E-state index in [9.17, 15) is 13.2 Å². The van der Waals surface area contributed by atoms with Gasteiger partial charge < -0.3 is 5.32 Å². The fourth-order valence-electron chi connectivity index (χ4n) is 1.15. The summed E-state index contributed by atoms with van der Waals surface area (Å²) in [5.41, 5.74) is 0. The molecule has 0 bridgehead atoms. The van der Waals surface area contributed by atoms with Gasteiger partial charge in [-0.1, -0.05) is 11.6 Å². The van der Waals surface area contributed by atoms with Gasteiger partial charge in [-0.15, -0.1) is 0 Å². The van der Waals surface area contributed by atoms with Crippen molar-refractivity contribution in [2.45, 2.75) is 11.8 Å². The normalized spacial score (nSPS) is 11.3. The molecule has 0 unspecified atom stereocenters. The second-order valence-corrected chi connectivity index (χ2v) is 6.49. The van der Waals surface area contributed by atoms with Crippen LogP contribution in [0.3, 0.4) is 0 Å². The van der Waals surface area contributed by atoms with E-state index in [2.05, 4.69) is 26.0 Å². The lowest BCUT2D eigenvalue weighted by atomic mass is 10.4. The monoisotopic (exact) mass is 354 g/mol. The van der Waals surface area contributed by atoms with Crippen LogP contribution in [0.4, 0.5) is 0 Å². The van der Waals surface area contributed by atoms with Gasteiger partial charge in [-0.05, 0) is 34.1 Å². The molecule has 1 aromatic carbocycles. The number of benzene rings is 1. The molecule has 8 heteroatoms. The molecule has 0 fully saturated rings. The van der Waals surface area contributed by atoms with Gasteiger partial charge in [0.1, 0.15) is 0 Å². The molecule has 5 nitrogen and oxygen atoms in total. The molecule has 18 heavy (non-hydrogen) atoms. The van der Waals surface area contributed by atoms with Crippen molar-refractivity contribution in [1.82, 2.24) is 10.0 Å². The van der Waals surface area contributed by atoms with Crippen LogP contribution in [0.1, 0.15) is 6.92 Å². The van der Waals surface area contributed by atoms with Crippen LogP contribution in [0.5, 0.6) is 0 Å². The van der Waals surface area contributed by atoms with Crippen LogP contribution in [-0.4, -0.2) is 27.4 Å². The van der Waals surface area contributed by atoms with Gasteiger partial charge in [0.2, 0.25) is 15.9 Å². The molecule has 0 saturated carbocycles. The molecule has 1 rings (SSSR count). The first-order valence-corrected chi connectivity index (χ1v) is 7.67. The van der Waals surface area contributed by atoms with Crippen molar-refractivity contribution >= 4 is 43.5 Å². The first-order chi connectivity index (χ1) is 8.33. The minimum atomic E-state index is -3.59. The van der Waals surface area contributed by atoms with E-state index in [1.807, 2.05) is 0 Å². The summed E-state index contributed by atoms with van der Waals surface area (Å²) in [6.45, 7) is 1.73. The van der Waals surface area contributed by atoms with Crippen LogP contribution in [-0.2, 0) is 14.8 Å². The number of hydrogen-bond acceptors (Lipinski definition) is 3. The lowest BCUT2D eigenvalue weighted by Gasteiger charge is -2.08. The highest BCUT2D eigenvalue weighted by molar-refractivity contribution is 9.10. The summed E-state index contributed by atoms with van der Waals surface area (Å²) in [6.07, 6.45) is 0. The summed E-state index contributed by atoms with van der Waals surface area (Å²) in [4.78, 5) is 10.7. The van der Waals surface area contributed by atoms with Gasteiger partial charge >= 0.3 is 0 Å². The molecule has 2 N–H and O–H groups in total. The van der Waals surface area contributed by atoms with Crippen molar-refractivity contribution in [2.75, 3.05) is 13.1 Å². The van der Waals surface area contributed by atoms with Gasteiger partial charge in [0.05, 0.1) is 9.92 Å². The van der Waals surface area contributed by atoms with Gasteiger partial charge in [0, 0.05) is 24.5 Å². The molecule has 0 aliphatic heterocycles. The van der Waals surface area contributed by atoms with Crippen LogP contribution >= 0.6 is 27.5 Å². The fourth-order valence-corrected chi connectivity index (χ4v) is 2.86. The van der Waals surface area contributed by atoms with E-state index in [4.69, 9.17) is 11.6 Å². The minimum Gasteiger partial charge on any atom is -0.355 e. The SMILES string of the molecule is CC(=O)NCCNS(=O)(=O)c1ccc(Cl)c(Br)c1. The molecule has 1 aromatic rings. The topological polar surface area (TPSA) is 75.3 Å². The van der Waals surface area contributed by atoms with Gasteiger partial charge in [-0.25, -0.2) is 13.1 Å². The Balaban J connectivity index is 2.68. The van der Waals surface area contributed by atoms with Gasteiger partial charge in [0.25, 0.3) is 0 Å². The summed E-state index contributed by atoms with van der Waals surface area (Å²) in [7, 11) is -3.59. The molecule has 0 aromatic heterocycles. The lowest BCUT2D eigenvalue weighted by molar-refractivity contribution is -0.118. The Morgan fingerprint density at radius 2 is 2.06 bits per heavy atom. The zero-order chi connectivity index (χ0) is 13.8. The van der Waals surface area contributed by atoms with Crippen molar-refractivity contribution in [3.63, 3.8) is 0 Å². The molecule has 0 atom stereocenters. The van der Waals surface area contributed by atoms with Crippen molar-refractivity contribution in [3.8, 4) is 0 Å². The van der Waals surface area contributed by atoms with Crippen LogP contribution in [0, 0.1) is 0 Å². The number of amides is 1. The van der Waals surface area contributed by atoms with Crippen molar-refractivity contribution in [1.29, 1.82) is 0 Å². The number of halogens is 2. The Bertz CT molecular complexity index is 548. The quantitative estimate of drug-likeness (QED) is 0.786. The number of rotatable bonds is 5. The van der Waals surface area contributed by atoms with Crippen molar-refractivity contribution < 1.29 is 13.2 Å². The molecule has 0 radical (unpaired) electrons. The number of nitrogens with one attached hydrogen (secondary N) is 2. The molecule has 100 valence electrons. The minimum absolute atomic E-state index is 0.113. The van der Waals surface area contributed by atoms with E-state index in [-0.39, 0.29) is 23.9 Å². The van der Waals surface area contributed by atoms with Crippen LogP contribution in [0.15, 0.2) is 27.6 Å². The lowest BCUT2D eigenvalue weighted by Crippen LogP contribution is -2.33. The molecule has 0 saturated heterocycles. The zero-order valence-corrected chi connectivity index (χ0v) is 12.7. The number of sulfonamides is 1. The average Bonchev–Trinajstić information content (AvgIpc) is 2.28. The standard InChI is InChI=1S/C10H12BrClN2O3S/c1-7(15)13-4-5-14-18(16,17)8-2-3-10(12)9(11)6-8/h2-3,6,14H,4-5H2,1H3,(H,13,15). The van der Waals surface area contributed by atoms with Gasteiger partial charge in [0.15, 0.2) is 0 Å². The maximum Gasteiger partial charge on any atom is 0.240 e. The third-order valence-corrected chi connectivity index (χ3v) is 4.67. The highest BCUT2D eigenvalue weighted by atomic mass is 79.9. The number of carbonyl (C=O) groups is 1. The van der Waals surface area contributed by atoms with E-state index in [1.165, 1.54) is 25.1 Å². The number of hydrogen-bond donors (Lipinski definition) is 2. The number of carbonyl (C=O) groups excluding carboxylic acids is 1. The summed E-state index contributed by atoms with van der Waals surface area (Å²) in [5, 5.41) is 2.93. The highest BCUT2D eigenvalue weighted by Crippen LogP contribution is 2.25. The maximum atomic E-state index is 11.9. The van der Waals surface area contributed by atoms with Crippen LogP contribution in [0.2, 0.25) is 5.02 Å². The third-order valence-electron chi connectivity index (χ3n) is 1.99. The maximum absolute atomic E-state index is 11.9. The second-order valence-electron chi connectivity index (χ2n) is 3.46. The van der Waals surface area contributed by atoms with E-state index < -0.39 is 10.0 Å².